The van der Waals surface area contributed by atoms with Crippen molar-refractivity contribution in [1.29, 1.82) is 0 Å². The number of amides is 2. The number of benzene rings is 2. The van der Waals surface area contributed by atoms with Gasteiger partial charge in [0.25, 0.3) is 0 Å². The quantitative estimate of drug-likeness (QED) is 0.719. The first-order valence-corrected chi connectivity index (χ1v) is 8.99. The average Bonchev–Trinajstić information content (AvgIpc) is 3.18. The van der Waals surface area contributed by atoms with Gasteiger partial charge >= 0.3 is 0 Å². The van der Waals surface area contributed by atoms with E-state index >= 15 is 0 Å². The molecule has 1 aliphatic heterocycles. The molecule has 0 aliphatic carbocycles. The lowest BCUT2D eigenvalue weighted by Gasteiger charge is -2.18. The van der Waals surface area contributed by atoms with Gasteiger partial charge in [0.1, 0.15) is 11.4 Å². The van der Waals surface area contributed by atoms with Crippen molar-refractivity contribution >= 4 is 34.3 Å². The normalized spacial score (nSPS) is 16.9. The maximum atomic E-state index is 12.8. The lowest BCUT2D eigenvalue weighted by Crippen LogP contribution is -2.33. The second-order valence-electron chi connectivity index (χ2n) is 7.00. The summed E-state index contributed by atoms with van der Waals surface area (Å²) in [7, 11) is 0. The lowest BCUT2D eigenvalue weighted by atomic mass is 10.1. The van der Waals surface area contributed by atoms with Gasteiger partial charge in [-0.1, -0.05) is 6.07 Å². The summed E-state index contributed by atoms with van der Waals surface area (Å²) in [6.45, 7) is 6.37. The molecule has 27 heavy (non-hydrogen) atoms. The molecule has 1 aromatic heterocycles. The van der Waals surface area contributed by atoms with Crippen LogP contribution in [0.4, 0.5) is 11.4 Å². The molecule has 0 saturated carbocycles. The summed E-state index contributed by atoms with van der Waals surface area (Å²) in [4.78, 5) is 31.4. The van der Waals surface area contributed by atoms with Crippen LogP contribution in [0, 0.1) is 26.7 Å². The number of rotatable bonds is 3. The molecule has 3 aromatic rings. The predicted molar refractivity (Wildman–Crippen MR) is 104 cm³/mol. The maximum Gasteiger partial charge on any atom is 0.239 e. The lowest BCUT2D eigenvalue weighted by molar-refractivity contribution is -0.129. The van der Waals surface area contributed by atoms with E-state index in [1.165, 1.54) is 5.56 Å². The van der Waals surface area contributed by atoms with Gasteiger partial charge in [-0.25, -0.2) is 4.98 Å². The highest BCUT2D eigenvalue weighted by atomic mass is 16.3. The number of nitrogens with one attached hydrogen (secondary N) is 1. The fraction of sp³-hybridized carbons (Fsp3) is 0.286. The van der Waals surface area contributed by atoms with Crippen LogP contribution in [-0.2, 0) is 9.59 Å². The molecule has 1 atom stereocenters. The number of anilines is 2. The van der Waals surface area contributed by atoms with E-state index in [2.05, 4.69) is 10.3 Å². The number of aromatic nitrogens is 1. The Balaban J connectivity index is 1.50. The van der Waals surface area contributed by atoms with Crippen molar-refractivity contribution in [1.82, 2.24) is 4.98 Å². The van der Waals surface area contributed by atoms with E-state index in [0.29, 0.717) is 30.1 Å². The topological polar surface area (TPSA) is 75.4 Å². The molecule has 2 heterocycles. The average molecular weight is 363 g/mol. The van der Waals surface area contributed by atoms with Crippen molar-refractivity contribution in [2.24, 2.45) is 5.92 Å². The summed E-state index contributed by atoms with van der Waals surface area (Å²) < 4.78 is 5.49. The molecular weight excluding hydrogens is 342 g/mol. The second-order valence-corrected chi connectivity index (χ2v) is 7.00. The summed E-state index contributed by atoms with van der Waals surface area (Å²) in [5.74, 6) is -0.559. The minimum atomic E-state index is -0.682. The van der Waals surface area contributed by atoms with Crippen LogP contribution in [-0.4, -0.2) is 23.3 Å². The minimum absolute atomic E-state index is 0.160. The Kier molecular flexibility index (Phi) is 4.18. The molecule has 0 bridgehead atoms. The van der Waals surface area contributed by atoms with Gasteiger partial charge in [-0.05, 0) is 55.7 Å². The van der Waals surface area contributed by atoms with Gasteiger partial charge in [-0.15, -0.1) is 0 Å². The Labute approximate surface area is 157 Å². The van der Waals surface area contributed by atoms with Gasteiger partial charge < -0.3 is 14.6 Å². The molecule has 4 rings (SSSR count). The van der Waals surface area contributed by atoms with Crippen LogP contribution in [0.25, 0.3) is 11.1 Å². The van der Waals surface area contributed by atoms with Crippen molar-refractivity contribution in [2.45, 2.75) is 27.2 Å². The van der Waals surface area contributed by atoms with Crippen LogP contribution in [0.5, 0.6) is 0 Å². The Morgan fingerprint density at radius 2 is 1.96 bits per heavy atom. The molecule has 0 spiro atoms. The molecule has 6 heteroatoms. The number of fused-ring (bicyclic) bond motifs is 1. The smallest absolute Gasteiger partial charge is 0.239 e. The van der Waals surface area contributed by atoms with E-state index in [9.17, 15) is 9.59 Å². The van der Waals surface area contributed by atoms with E-state index in [1.807, 2.05) is 32.0 Å². The van der Waals surface area contributed by atoms with Gasteiger partial charge in [0.05, 0.1) is 0 Å². The van der Waals surface area contributed by atoms with Crippen LogP contribution < -0.4 is 10.2 Å². The summed E-state index contributed by atoms with van der Waals surface area (Å²) in [5.41, 5.74) is 5.10. The maximum absolute atomic E-state index is 12.8. The Bertz CT molecular complexity index is 1050. The van der Waals surface area contributed by atoms with E-state index in [0.717, 1.165) is 16.8 Å². The SMILES string of the molecule is Cc1nc2ccc(NC(=O)C3CCN(c4ccc(C)c(C)c4)C3=O)cc2o1. The zero-order valence-electron chi connectivity index (χ0n) is 15.6. The van der Waals surface area contributed by atoms with E-state index in [-0.39, 0.29) is 11.8 Å². The first-order chi connectivity index (χ1) is 12.9. The van der Waals surface area contributed by atoms with Gasteiger partial charge in [0.2, 0.25) is 11.8 Å². The number of nitrogens with zero attached hydrogens (tertiary/aromatic N) is 2. The van der Waals surface area contributed by atoms with Crippen LogP contribution in [0.2, 0.25) is 0 Å². The molecule has 1 unspecified atom stereocenters. The zero-order chi connectivity index (χ0) is 19.1. The van der Waals surface area contributed by atoms with E-state index in [1.54, 1.807) is 30.0 Å². The number of oxazole rings is 1. The Morgan fingerprint density at radius 1 is 1.15 bits per heavy atom. The molecule has 1 N–H and O–H groups in total. The number of hydrogen-bond acceptors (Lipinski definition) is 4. The molecule has 2 aromatic carbocycles. The van der Waals surface area contributed by atoms with E-state index < -0.39 is 5.92 Å². The van der Waals surface area contributed by atoms with Gasteiger partial charge in [0.15, 0.2) is 11.5 Å². The van der Waals surface area contributed by atoms with Crippen LogP contribution >= 0.6 is 0 Å². The first kappa shape index (κ1) is 17.3. The van der Waals surface area contributed by atoms with Gasteiger partial charge in [0, 0.05) is 30.9 Å². The molecule has 2 amide bonds. The van der Waals surface area contributed by atoms with Crippen LogP contribution in [0.1, 0.15) is 23.4 Å². The fourth-order valence-corrected chi connectivity index (χ4v) is 3.42. The van der Waals surface area contributed by atoms with Crippen molar-refractivity contribution < 1.29 is 14.0 Å². The number of carbonyl (C=O) groups excluding carboxylic acids is 2. The number of hydrogen-bond donors (Lipinski definition) is 1. The third kappa shape index (κ3) is 3.18. The highest BCUT2D eigenvalue weighted by Gasteiger charge is 2.37. The minimum Gasteiger partial charge on any atom is -0.441 e. The van der Waals surface area contributed by atoms with Crippen molar-refractivity contribution in [3.8, 4) is 0 Å². The van der Waals surface area contributed by atoms with E-state index in [4.69, 9.17) is 4.42 Å². The molecule has 1 aliphatic rings. The molecule has 138 valence electrons. The largest absolute Gasteiger partial charge is 0.441 e. The second kappa shape index (κ2) is 6.54. The van der Waals surface area contributed by atoms with Crippen LogP contribution in [0.3, 0.4) is 0 Å². The monoisotopic (exact) mass is 363 g/mol. The van der Waals surface area contributed by atoms with Crippen molar-refractivity contribution in [3.63, 3.8) is 0 Å². The van der Waals surface area contributed by atoms with Crippen molar-refractivity contribution in [3.05, 3.63) is 53.4 Å². The van der Waals surface area contributed by atoms with Gasteiger partial charge in [-0.2, -0.15) is 0 Å². The molecular formula is C21H21N3O3. The molecule has 1 saturated heterocycles. The number of carbonyl (C=O) groups is 2. The standard InChI is InChI=1S/C21H21N3O3/c1-12-4-6-16(10-13(12)2)24-9-8-17(21(24)26)20(25)23-15-5-7-18-19(11-15)27-14(3)22-18/h4-7,10-11,17H,8-9H2,1-3H3,(H,23,25). The van der Waals surface area contributed by atoms with Crippen molar-refractivity contribution in [2.75, 3.05) is 16.8 Å². The zero-order valence-corrected chi connectivity index (χ0v) is 15.6. The summed E-state index contributed by atoms with van der Waals surface area (Å²) in [6, 6.07) is 11.2. The molecule has 6 nitrogen and oxygen atoms in total. The predicted octanol–water partition coefficient (Wildman–Crippen LogP) is 3.74. The Hall–Kier alpha value is -3.15. The summed E-state index contributed by atoms with van der Waals surface area (Å²) >= 11 is 0. The highest BCUT2D eigenvalue weighted by molar-refractivity contribution is 6.13. The summed E-state index contributed by atoms with van der Waals surface area (Å²) in [6.07, 6.45) is 0.501. The van der Waals surface area contributed by atoms with Crippen LogP contribution in [0.15, 0.2) is 40.8 Å². The highest BCUT2D eigenvalue weighted by Crippen LogP contribution is 2.28. The third-order valence-electron chi connectivity index (χ3n) is 5.09. The van der Waals surface area contributed by atoms with Gasteiger partial charge in [-0.3, -0.25) is 9.59 Å². The molecule has 0 radical (unpaired) electrons. The Morgan fingerprint density at radius 3 is 2.74 bits per heavy atom. The third-order valence-corrected chi connectivity index (χ3v) is 5.09. The summed E-state index contributed by atoms with van der Waals surface area (Å²) in [5, 5.41) is 2.83. The molecule has 1 fully saturated rings. The first-order valence-electron chi connectivity index (χ1n) is 8.99. The fourth-order valence-electron chi connectivity index (χ4n) is 3.42. The number of aryl methyl sites for hydroxylation is 3.